The summed E-state index contributed by atoms with van der Waals surface area (Å²) in [6.45, 7) is 4.60. The van der Waals surface area contributed by atoms with Gasteiger partial charge in [0.2, 0.25) is 0 Å². The normalized spacial score (nSPS) is 33.2. The van der Waals surface area contributed by atoms with E-state index in [1.54, 1.807) is 0 Å². The molecule has 72 valence electrons. The number of alkyl halides is 1. The Bertz CT molecular complexity index is 112. The second-order valence-electron chi connectivity index (χ2n) is 4.31. The van der Waals surface area contributed by atoms with Crippen LogP contribution in [0.1, 0.15) is 52.4 Å². The molecule has 0 saturated heterocycles. The van der Waals surface area contributed by atoms with Crippen LogP contribution in [0.4, 0.5) is 0 Å². The van der Waals surface area contributed by atoms with Crippen molar-refractivity contribution in [1.82, 2.24) is 0 Å². The molecule has 1 atom stereocenters. The molecule has 1 rings (SSSR count). The molecule has 12 heavy (non-hydrogen) atoms. The standard InChI is InChI=1S/C11H21Br/c1-3-10-4-6-11(7-5-10)8-9(2)12/h9-11H,3-8H2,1-2H3. The van der Waals surface area contributed by atoms with Crippen LogP contribution in [0, 0.1) is 11.8 Å². The molecule has 1 fully saturated rings. The molecule has 0 aromatic rings. The van der Waals surface area contributed by atoms with E-state index in [4.69, 9.17) is 0 Å². The molecule has 1 aliphatic rings. The Hall–Kier alpha value is 0.480. The fourth-order valence-electron chi connectivity index (χ4n) is 2.33. The van der Waals surface area contributed by atoms with E-state index in [-0.39, 0.29) is 0 Å². The summed E-state index contributed by atoms with van der Waals surface area (Å²) in [5.74, 6) is 2.06. The van der Waals surface area contributed by atoms with Crippen molar-refractivity contribution in [3.8, 4) is 0 Å². The Kier molecular flexibility index (Phi) is 4.63. The summed E-state index contributed by atoms with van der Waals surface area (Å²) < 4.78 is 0. The summed E-state index contributed by atoms with van der Waals surface area (Å²) in [5.41, 5.74) is 0. The quantitative estimate of drug-likeness (QED) is 0.634. The van der Waals surface area contributed by atoms with E-state index >= 15 is 0 Å². The van der Waals surface area contributed by atoms with Crippen LogP contribution in [-0.4, -0.2) is 4.83 Å². The Balaban J connectivity index is 2.17. The van der Waals surface area contributed by atoms with Gasteiger partial charge in [-0.3, -0.25) is 0 Å². The fraction of sp³-hybridized carbons (Fsp3) is 1.00. The maximum atomic E-state index is 3.64. The molecule has 1 saturated carbocycles. The van der Waals surface area contributed by atoms with Gasteiger partial charge in [0.05, 0.1) is 0 Å². The lowest BCUT2D eigenvalue weighted by molar-refractivity contribution is 0.259. The monoisotopic (exact) mass is 232 g/mol. The van der Waals surface area contributed by atoms with Gasteiger partial charge in [-0.2, -0.15) is 0 Å². The molecule has 0 radical (unpaired) electrons. The maximum Gasteiger partial charge on any atom is 0.0120 e. The van der Waals surface area contributed by atoms with Gasteiger partial charge in [-0.1, -0.05) is 61.9 Å². The predicted molar refractivity (Wildman–Crippen MR) is 58.7 cm³/mol. The molecule has 1 unspecified atom stereocenters. The highest BCUT2D eigenvalue weighted by Gasteiger charge is 2.20. The van der Waals surface area contributed by atoms with Gasteiger partial charge < -0.3 is 0 Å². The predicted octanol–water partition coefficient (Wildman–Crippen LogP) is 4.38. The van der Waals surface area contributed by atoms with E-state index in [2.05, 4.69) is 29.8 Å². The van der Waals surface area contributed by atoms with Crippen molar-refractivity contribution in [2.24, 2.45) is 11.8 Å². The zero-order valence-electron chi connectivity index (χ0n) is 8.35. The average Bonchev–Trinajstić information content (AvgIpc) is 2.05. The molecule has 0 heterocycles. The largest absolute Gasteiger partial charge is 0.0894 e. The highest BCUT2D eigenvalue weighted by molar-refractivity contribution is 9.09. The van der Waals surface area contributed by atoms with Crippen molar-refractivity contribution in [3.63, 3.8) is 0 Å². The van der Waals surface area contributed by atoms with Crippen molar-refractivity contribution in [2.75, 3.05) is 0 Å². The lowest BCUT2D eigenvalue weighted by Gasteiger charge is -2.28. The summed E-state index contributed by atoms with van der Waals surface area (Å²) in [5, 5.41) is 0. The van der Waals surface area contributed by atoms with Crippen LogP contribution < -0.4 is 0 Å². The van der Waals surface area contributed by atoms with Gasteiger partial charge in [-0.05, 0) is 18.3 Å². The molecule has 0 amide bonds. The van der Waals surface area contributed by atoms with Gasteiger partial charge in [-0.15, -0.1) is 0 Å². The van der Waals surface area contributed by atoms with Gasteiger partial charge >= 0.3 is 0 Å². The Morgan fingerprint density at radius 3 is 2.08 bits per heavy atom. The third-order valence-corrected chi connectivity index (χ3v) is 3.58. The molecular formula is C11H21Br. The first kappa shape index (κ1) is 10.6. The van der Waals surface area contributed by atoms with Crippen LogP contribution in [-0.2, 0) is 0 Å². The van der Waals surface area contributed by atoms with Crippen molar-refractivity contribution >= 4 is 15.9 Å². The van der Waals surface area contributed by atoms with Crippen molar-refractivity contribution < 1.29 is 0 Å². The van der Waals surface area contributed by atoms with Crippen molar-refractivity contribution in [2.45, 2.75) is 57.2 Å². The third kappa shape index (κ3) is 3.47. The van der Waals surface area contributed by atoms with Gasteiger partial charge in [0, 0.05) is 4.83 Å². The fourth-order valence-corrected chi connectivity index (χ4v) is 2.86. The van der Waals surface area contributed by atoms with Crippen LogP contribution in [0.5, 0.6) is 0 Å². The van der Waals surface area contributed by atoms with Crippen LogP contribution in [0.3, 0.4) is 0 Å². The van der Waals surface area contributed by atoms with Crippen molar-refractivity contribution in [3.05, 3.63) is 0 Å². The molecule has 0 nitrogen and oxygen atoms in total. The third-order valence-electron chi connectivity index (χ3n) is 3.20. The SMILES string of the molecule is CCC1CCC(CC(C)Br)CC1. The number of rotatable bonds is 3. The first-order valence-electron chi connectivity index (χ1n) is 5.36. The minimum absolute atomic E-state index is 0.723. The van der Waals surface area contributed by atoms with E-state index in [0.29, 0.717) is 0 Å². The number of hydrogen-bond donors (Lipinski definition) is 0. The topological polar surface area (TPSA) is 0 Å². The van der Waals surface area contributed by atoms with Gasteiger partial charge in [0.25, 0.3) is 0 Å². The van der Waals surface area contributed by atoms with E-state index < -0.39 is 0 Å². The smallest absolute Gasteiger partial charge is 0.0120 e. The second kappa shape index (κ2) is 5.26. The number of hydrogen-bond acceptors (Lipinski definition) is 0. The molecule has 0 spiro atoms. The van der Waals surface area contributed by atoms with Gasteiger partial charge in [-0.25, -0.2) is 0 Å². The first-order valence-corrected chi connectivity index (χ1v) is 6.28. The van der Waals surface area contributed by atoms with E-state index in [9.17, 15) is 0 Å². The van der Waals surface area contributed by atoms with Gasteiger partial charge in [0.15, 0.2) is 0 Å². The summed E-state index contributed by atoms with van der Waals surface area (Å²) >= 11 is 3.64. The first-order chi connectivity index (χ1) is 5.72. The second-order valence-corrected chi connectivity index (χ2v) is 5.87. The van der Waals surface area contributed by atoms with Crippen LogP contribution in [0.25, 0.3) is 0 Å². The molecule has 0 bridgehead atoms. The van der Waals surface area contributed by atoms with Crippen LogP contribution >= 0.6 is 15.9 Å². The molecule has 1 aliphatic carbocycles. The minimum atomic E-state index is 0.723. The summed E-state index contributed by atoms with van der Waals surface area (Å²) in [4.78, 5) is 0.723. The van der Waals surface area contributed by atoms with Crippen LogP contribution in [0.2, 0.25) is 0 Å². The Morgan fingerprint density at radius 1 is 1.17 bits per heavy atom. The minimum Gasteiger partial charge on any atom is -0.0894 e. The summed E-state index contributed by atoms with van der Waals surface area (Å²) in [6, 6.07) is 0. The van der Waals surface area contributed by atoms with Gasteiger partial charge in [0.1, 0.15) is 0 Å². The molecule has 0 aromatic carbocycles. The lowest BCUT2D eigenvalue weighted by atomic mass is 9.79. The average molecular weight is 233 g/mol. The Morgan fingerprint density at radius 2 is 1.67 bits per heavy atom. The van der Waals surface area contributed by atoms with E-state index in [0.717, 1.165) is 16.7 Å². The highest BCUT2D eigenvalue weighted by atomic mass is 79.9. The maximum absolute atomic E-state index is 3.64. The molecule has 0 N–H and O–H groups in total. The molecule has 1 heteroatoms. The summed E-state index contributed by atoms with van der Waals surface area (Å²) in [7, 11) is 0. The Labute approximate surface area is 85.3 Å². The lowest BCUT2D eigenvalue weighted by Crippen LogP contribution is -2.15. The van der Waals surface area contributed by atoms with E-state index in [1.165, 1.54) is 38.5 Å². The number of halogens is 1. The summed E-state index contributed by atoms with van der Waals surface area (Å²) in [6.07, 6.45) is 8.72. The molecule has 0 aromatic heterocycles. The molecule has 0 aliphatic heterocycles. The highest BCUT2D eigenvalue weighted by Crippen LogP contribution is 2.33. The zero-order chi connectivity index (χ0) is 8.97. The zero-order valence-corrected chi connectivity index (χ0v) is 9.94. The molecular weight excluding hydrogens is 212 g/mol. The van der Waals surface area contributed by atoms with Crippen molar-refractivity contribution in [1.29, 1.82) is 0 Å². The van der Waals surface area contributed by atoms with Crippen LogP contribution in [0.15, 0.2) is 0 Å². The van der Waals surface area contributed by atoms with E-state index in [1.807, 2.05) is 0 Å².